The molecule has 2 N–H and O–H groups in total. The van der Waals surface area contributed by atoms with Crippen LogP contribution < -0.4 is 5.32 Å². The number of carbonyl (C=O) groups excluding carboxylic acids is 1. The van der Waals surface area contributed by atoms with E-state index in [1.165, 1.54) is 16.4 Å². The van der Waals surface area contributed by atoms with Crippen LogP contribution in [0.15, 0.2) is 36.1 Å². The second kappa shape index (κ2) is 10.4. The molecule has 1 aromatic carbocycles. The quantitative estimate of drug-likeness (QED) is 0.434. The van der Waals surface area contributed by atoms with Gasteiger partial charge >= 0.3 is 0 Å². The van der Waals surface area contributed by atoms with Crippen molar-refractivity contribution in [1.82, 2.24) is 5.32 Å². The summed E-state index contributed by atoms with van der Waals surface area (Å²) in [4.78, 5) is 12.7. The van der Waals surface area contributed by atoms with Gasteiger partial charge in [0.2, 0.25) is 6.29 Å². The van der Waals surface area contributed by atoms with Crippen molar-refractivity contribution in [3.63, 3.8) is 0 Å². The number of carbonyl (C=O) groups is 1. The van der Waals surface area contributed by atoms with E-state index >= 15 is 0 Å². The summed E-state index contributed by atoms with van der Waals surface area (Å²) in [5, 5.41) is 12.0. The first-order chi connectivity index (χ1) is 13.2. The minimum atomic E-state index is -0.442. The number of ether oxygens (including phenoxy) is 2. The van der Waals surface area contributed by atoms with Crippen molar-refractivity contribution in [2.45, 2.75) is 63.2 Å². The Labute approximate surface area is 174 Å². The van der Waals surface area contributed by atoms with Gasteiger partial charge in [0.15, 0.2) is 5.76 Å². The number of unbranched alkanes of at least 4 members (excludes halogenated alkanes) is 1. The summed E-state index contributed by atoms with van der Waals surface area (Å²) < 4.78 is 12.9. The number of halogens is 1. The van der Waals surface area contributed by atoms with Gasteiger partial charge in [-0.15, -0.1) is 0 Å². The van der Waals surface area contributed by atoms with E-state index in [9.17, 15) is 4.79 Å². The minimum Gasteiger partial charge on any atom is -0.459 e. The van der Waals surface area contributed by atoms with Crippen molar-refractivity contribution < 1.29 is 19.4 Å². The highest BCUT2D eigenvalue weighted by atomic mass is 127. The average Bonchev–Trinajstić information content (AvgIpc) is 3.18. The molecule has 1 fully saturated rings. The fourth-order valence-electron chi connectivity index (χ4n) is 3.62. The standard InChI is InChI=1S/C21H28INO4/c22-17-9-7-15(8-10-17)16-13-19(21(25)23-18-5-1-2-6-18)27-20(14-16)26-12-4-3-11-24/h7-10,13,16,18,20,24H,1-6,11-12,14H2,(H,23,25)/t16-,20+/m0/s1. The lowest BCUT2D eigenvalue weighted by Crippen LogP contribution is -2.37. The molecule has 1 heterocycles. The molecule has 148 valence electrons. The van der Waals surface area contributed by atoms with E-state index in [4.69, 9.17) is 14.6 Å². The first-order valence-electron chi connectivity index (χ1n) is 9.83. The maximum absolute atomic E-state index is 12.7. The molecular formula is C21H28INO4. The Morgan fingerprint density at radius 2 is 1.96 bits per heavy atom. The van der Waals surface area contributed by atoms with Crippen LogP contribution >= 0.6 is 22.6 Å². The smallest absolute Gasteiger partial charge is 0.286 e. The molecule has 3 rings (SSSR count). The van der Waals surface area contributed by atoms with E-state index in [2.05, 4.69) is 52.2 Å². The third-order valence-electron chi connectivity index (χ3n) is 5.13. The third-order valence-corrected chi connectivity index (χ3v) is 5.85. The summed E-state index contributed by atoms with van der Waals surface area (Å²) in [5.41, 5.74) is 1.16. The van der Waals surface area contributed by atoms with Gasteiger partial charge < -0.3 is 19.9 Å². The number of aliphatic hydroxyl groups is 1. The fraction of sp³-hybridized carbons (Fsp3) is 0.571. The molecule has 1 aliphatic heterocycles. The number of benzene rings is 1. The van der Waals surface area contributed by atoms with Crippen LogP contribution in [0.2, 0.25) is 0 Å². The van der Waals surface area contributed by atoms with Crippen LogP contribution in [0, 0.1) is 3.57 Å². The molecule has 5 nitrogen and oxygen atoms in total. The zero-order valence-corrected chi connectivity index (χ0v) is 17.7. The highest BCUT2D eigenvalue weighted by Gasteiger charge is 2.30. The second-order valence-electron chi connectivity index (χ2n) is 7.23. The van der Waals surface area contributed by atoms with Crippen LogP contribution in [-0.2, 0) is 14.3 Å². The monoisotopic (exact) mass is 485 g/mol. The zero-order valence-electron chi connectivity index (χ0n) is 15.5. The number of allylic oxidation sites excluding steroid dienone is 1. The summed E-state index contributed by atoms with van der Waals surface area (Å²) in [5.74, 6) is 0.313. The number of rotatable bonds is 8. The van der Waals surface area contributed by atoms with Crippen LogP contribution in [0.25, 0.3) is 0 Å². The lowest BCUT2D eigenvalue weighted by atomic mass is 9.93. The van der Waals surface area contributed by atoms with Gasteiger partial charge in [-0.25, -0.2) is 0 Å². The first kappa shape index (κ1) is 20.6. The largest absolute Gasteiger partial charge is 0.459 e. The maximum atomic E-state index is 12.7. The number of nitrogens with one attached hydrogen (secondary N) is 1. The highest BCUT2D eigenvalue weighted by Crippen LogP contribution is 2.32. The van der Waals surface area contributed by atoms with Crippen molar-refractivity contribution >= 4 is 28.5 Å². The van der Waals surface area contributed by atoms with Crippen LogP contribution in [-0.4, -0.2) is 36.6 Å². The van der Waals surface area contributed by atoms with Gasteiger partial charge in [-0.05, 0) is 72.0 Å². The summed E-state index contributed by atoms with van der Waals surface area (Å²) in [6.07, 6.45) is 8.08. The lowest BCUT2D eigenvalue weighted by Gasteiger charge is -2.30. The van der Waals surface area contributed by atoms with Gasteiger partial charge in [0, 0.05) is 28.6 Å². The summed E-state index contributed by atoms with van der Waals surface area (Å²) in [7, 11) is 0. The lowest BCUT2D eigenvalue weighted by molar-refractivity contribution is -0.146. The Bertz CT molecular complexity index is 640. The van der Waals surface area contributed by atoms with E-state index in [0.717, 1.165) is 24.8 Å². The Kier molecular flexibility index (Phi) is 7.96. The number of hydrogen-bond acceptors (Lipinski definition) is 4. The molecule has 1 aromatic rings. The highest BCUT2D eigenvalue weighted by molar-refractivity contribution is 14.1. The molecule has 1 amide bonds. The molecule has 0 unspecified atom stereocenters. The normalized spacial score (nSPS) is 23.0. The van der Waals surface area contributed by atoms with Crippen molar-refractivity contribution in [1.29, 1.82) is 0 Å². The minimum absolute atomic E-state index is 0.0860. The van der Waals surface area contributed by atoms with Gasteiger partial charge in [0.05, 0.1) is 6.61 Å². The molecule has 6 heteroatoms. The zero-order chi connectivity index (χ0) is 19.1. The van der Waals surface area contributed by atoms with Crippen molar-refractivity contribution in [2.24, 2.45) is 0 Å². The molecule has 1 aliphatic carbocycles. The van der Waals surface area contributed by atoms with Crippen LogP contribution in [0.3, 0.4) is 0 Å². The summed E-state index contributed by atoms with van der Waals surface area (Å²) in [6, 6.07) is 8.61. The SMILES string of the molecule is O=C(NC1CCCC1)C1=C[C@H](c2ccc(I)cc2)C[C@H](OCCCCO)O1. The van der Waals surface area contributed by atoms with Gasteiger partial charge in [-0.3, -0.25) is 4.79 Å². The van der Waals surface area contributed by atoms with Crippen LogP contribution in [0.5, 0.6) is 0 Å². The van der Waals surface area contributed by atoms with E-state index in [-0.39, 0.29) is 24.5 Å². The molecule has 0 aromatic heterocycles. The topological polar surface area (TPSA) is 67.8 Å². The van der Waals surface area contributed by atoms with Crippen molar-refractivity contribution in [3.05, 3.63) is 45.2 Å². The van der Waals surface area contributed by atoms with Crippen molar-refractivity contribution in [3.8, 4) is 0 Å². The Balaban J connectivity index is 1.69. The van der Waals surface area contributed by atoms with E-state index in [1.54, 1.807) is 0 Å². The Morgan fingerprint density at radius 3 is 2.67 bits per heavy atom. The van der Waals surface area contributed by atoms with Gasteiger partial charge in [-0.1, -0.05) is 25.0 Å². The summed E-state index contributed by atoms with van der Waals surface area (Å²) >= 11 is 2.29. The maximum Gasteiger partial charge on any atom is 0.286 e. The molecular weight excluding hydrogens is 457 g/mol. The molecule has 2 aliphatic rings. The second-order valence-corrected chi connectivity index (χ2v) is 8.47. The van der Waals surface area contributed by atoms with E-state index in [0.29, 0.717) is 25.2 Å². The molecule has 27 heavy (non-hydrogen) atoms. The van der Waals surface area contributed by atoms with Gasteiger partial charge in [0.1, 0.15) is 0 Å². The third kappa shape index (κ3) is 6.19. The number of hydrogen-bond donors (Lipinski definition) is 2. The van der Waals surface area contributed by atoms with Crippen molar-refractivity contribution in [2.75, 3.05) is 13.2 Å². The Morgan fingerprint density at radius 1 is 1.22 bits per heavy atom. The van der Waals surface area contributed by atoms with Crippen LogP contribution in [0.1, 0.15) is 56.4 Å². The van der Waals surface area contributed by atoms with Crippen LogP contribution in [0.4, 0.5) is 0 Å². The Hall–Kier alpha value is -1.12. The summed E-state index contributed by atoms with van der Waals surface area (Å²) in [6.45, 7) is 0.678. The molecule has 2 atom stereocenters. The molecule has 0 saturated heterocycles. The predicted octanol–water partition coefficient (Wildman–Crippen LogP) is 3.85. The molecule has 0 bridgehead atoms. The fourth-order valence-corrected chi connectivity index (χ4v) is 3.98. The molecule has 1 saturated carbocycles. The number of aliphatic hydroxyl groups excluding tert-OH is 1. The first-order valence-corrected chi connectivity index (χ1v) is 10.9. The predicted molar refractivity (Wildman–Crippen MR) is 112 cm³/mol. The van der Waals surface area contributed by atoms with E-state index < -0.39 is 6.29 Å². The van der Waals surface area contributed by atoms with Gasteiger partial charge in [0.25, 0.3) is 5.91 Å². The van der Waals surface area contributed by atoms with Gasteiger partial charge in [-0.2, -0.15) is 0 Å². The molecule has 0 radical (unpaired) electrons. The van der Waals surface area contributed by atoms with E-state index in [1.807, 2.05) is 6.08 Å². The molecule has 0 spiro atoms. The number of amides is 1. The average molecular weight is 485 g/mol.